The van der Waals surface area contributed by atoms with Crippen LogP contribution in [0.5, 0.6) is 0 Å². The van der Waals surface area contributed by atoms with Gasteiger partial charge in [0.25, 0.3) is 0 Å². The van der Waals surface area contributed by atoms with Crippen molar-refractivity contribution in [2.45, 2.75) is 32.5 Å². The van der Waals surface area contributed by atoms with Gasteiger partial charge in [-0.1, -0.05) is 31.2 Å². The lowest BCUT2D eigenvalue weighted by atomic mass is 9.98. The van der Waals surface area contributed by atoms with Gasteiger partial charge in [-0.2, -0.15) is 0 Å². The zero-order valence-corrected chi connectivity index (χ0v) is 11.0. The number of rotatable bonds is 5. The van der Waals surface area contributed by atoms with Crippen LogP contribution in [-0.4, -0.2) is 18.3 Å². The summed E-state index contributed by atoms with van der Waals surface area (Å²) in [6.07, 6.45) is -2.85. The fourth-order valence-electron chi connectivity index (χ4n) is 1.88. The summed E-state index contributed by atoms with van der Waals surface area (Å²) in [4.78, 5) is 21.9. The molecule has 0 radical (unpaired) electrons. The van der Waals surface area contributed by atoms with Crippen LogP contribution in [-0.2, 0) is 9.47 Å². The van der Waals surface area contributed by atoms with E-state index in [9.17, 15) is 9.59 Å². The summed E-state index contributed by atoms with van der Waals surface area (Å²) in [7, 11) is 0. The predicted molar refractivity (Wildman–Crippen MR) is 69.3 cm³/mol. The summed E-state index contributed by atoms with van der Waals surface area (Å²) in [6.45, 7) is 3.66. The highest BCUT2D eigenvalue weighted by Gasteiger charge is 2.29. The van der Waals surface area contributed by atoms with E-state index in [4.69, 9.17) is 20.9 Å². The molecular weight excluding hydrogens is 248 g/mol. The number of aryl methyl sites for hydroxylation is 1. The van der Waals surface area contributed by atoms with Gasteiger partial charge >= 0.3 is 12.2 Å². The van der Waals surface area contributed by atoms with Crippen LogP contribution in [0.25, 0.3) is 0 Å². The zero-order chi connectivity index (χ0) is 14.4. The number of carbonyl (C=O) groups is 2. The fraction of sp³-hybridized carbons (Fsp3) is 0.385. The van der Waals surface area contributed by atoms with Crippen LogP contribution < -0.4 is 11.5 Å². The minimum Gasteiger partial charge on any atom is -0.442 e. The SMILES string of the molecule is CCC(OC(N)=O)C(OC(N)=O)c1ccccc1C. The first-order valence-corrected chi connectivity index (χ1v) is 5.93. The van der Waals surface area contributed by atoms with Gasteiger partial charge in [0.05, 0.1) is 0 Å². The van der Waals surface area contributed by atoms with E-state index >= 15 is 0 Å². The van der Waals surface area contributed by atoms with E-state index in [1.54, 1.807) is 19.1 Å². The van der Waals surface area contributed by atoms with E-state index in [-0.39, 0.29) is 0 Å². The van der Waals surface area contributed by atoms with E-state index in [1.165, 1.54) is 0 Å². The molecule has 0 aliphatic heterocycles. The van der Waals surface area contributed by atoms with Crippen molar-refractivity contribution in [2.75, 3.05) is 0 Å². The van der Waals surface area contributed by atoms with Crippen molar-refractivity contribution in [2.24, 2.45) is 11.5 Å². The van der Waals surface area contributed by atoms with Crippen LogP contribution in [0.3, 0.4) is 0 Å². The van der Waals surface area contributed by atoms with Crippen molar-refractivity contribution in [3.8, 4) is 0 Å². The van der Waals surface area contributed by atoms with E-state index < -0.39 is 24.4 Å². The minimum absolute atomic E-state index is 0.440. The topological polar surface area (TPSA) is 105 Å². The monoisotopic (exact) mass is 266 g/mol. The molecule has 0 saturated heterocycles. The average Bonchev–Trinajstić information content (AvgIpc) is 2.34. The van der Waals surface area contributed by atoms with E-state index in [0.29, 0.717) is 6.42 Å². The molecule has 0 fully saturated rings. The van der Waals surface area contributed by atoms with Gasteiger partial charge in [-0.25, -0.2) is 9.59 Å². The van der Waals surface area contributed by atoms with Gasteiger partial charge in [0.1, 0.15) is 6.10 Å². The van der Waals surface area contributed by atoms with Gasteiger partial charge in [-0.15, -0.1) is 0 Å². The number of hydrogen-bond donors (Lipinski definition) is 2. The Morgan fingerprint density at radius 2 is 1.74 bits per heavy atom. The van der Waals surface area contributed by atoms with Crippen LogP contribution >= 0.6 is 0 Å². The van der Waals surface area contributed by atoms with Crippen LogP contribution in [0.1, 0.15) is 30.6 Å². The van der Waals surface area contributed by atoms with Gasteiger partial charge < -0.3 is 20.9 Å². The number of hydrogen-bond acceptors (Lipinski definition) is 4. The number of nitrogens with two attached hydrogens (primary N) is 2. The molecule has 0 aliphatic rings. The van der Waals surface area contributed by atoms with Gasteiger partial charge in [0, 0.05) is 0 Å². The third-order valence-corrected chi connectivity index (χ3v) is 2.75. The van der Waals surface area contributed by atoms with Crippen molar-refractivity contribution >= 4 is 12.2 Å². The maximum atomic E-state index is 11.0. The maximum absolute atomic E-state index is 11.0. The van der Waals surface area contributed by atoms with Gasteiger partial charge in [-0.3, -0.25) is 0 Å². The molecule has 2 amide bonds. The highest BCUT2D eigenvalue weighted by Crippen LogP contribution is 2.28. The van der Waals surface area contributed by atoms with Gasteiger partial charge in [-0.05, 0) is 24.5 Å². The Morgan fingerprint density at radius 1 is 1.16 bits per heavy atom. The molecule has 6 nitrogen and oxygen atoms in total. The average molecular weight is 266 g/mol. The molecule has 2 unspecified atom stereocenters. The standard InChI is InChI=1S/C13H18N2O4/c1-3-10(18-12(14)16)11(19-13(15)17)9-7-5-4-6-8(9)2/h4-7,10-11H,3H2,1-2H3,(H2,14,16)(H2,15,17). The van der Waals surface area contributed by atoms with Crippen molar-refractivity contribution in [3.63, 3.8) is 0 Å². The first-order chi connectivity index (χ1) is 8.95. The fourth-order valence-corrected chi connectivity index (χ4v) is 1.88. The number of primary amides is 2. The van der Waals surface area contributed by atoms with Gasteiger partial charge in [0.2, 0.25) is 0 Å². The molecule has 0 spiro atoms. The summed E-state index contributed by atoms with van der Waals surface area (Å²) in [5.41, 5.74) is 11.7. The Kier molecular flexibility index (Phi) is 5.17. The van der Waals surface area contributed by atoms with E-state index in [2.05, 4.69) is 0 Å². The normalized spacial score (nSPS) is 13.4. The Balaban J connectivity index is 3.09. The van der Waals surface area contributed by atoms with E-state index in [1.807, 2.05) is 19.1 Å². The molecule has 1 rings (SSSR count). The Labute approximate surface area is 111 Å². The molecule has 19 heavy (non-hydrogen) atoms. The first-order valence-electron chi connectivity index (χ1n) is 5.93. The molecule has 0 bridgehead atoms. The van der Waals surface area contributed by atoms with Crippen LogP contribution in [0, 0.1) is 6.92 Å². The lowest BCUT2D eigenvalue weighted by Gasteiger charge is -2.26. The molecule has 4 N–H and O–H groups in total. The molecule has 0 aliphatic carbocycles. The van der Waals surface area contributed by atoms with Crippen LogP contribution in [0.15, 0.2) is 24.3 Å². The second-order valence-corrected chi connectivity index (χ2v) is 4.10. The quantitative estimate of drug-likeness (QED) is 0.850. The molecule has 1 aromatic carbocycles. The smallest absolute Gasteiger partial charge is 0.405 e. The zero-order valence-electron chi connectivity index (χ0n) is 11.0. The second kappa shape index (κ2) is 6.63. The molecule has 0 saturated carbocycles. The van der Waals surface area contributed by atoms with Crippen molar-refractivity contribution in [1.29, 1.82) is 0 Å². The molecular formula is C13H18N2O4. The van der Waals surface area contributed by atoms with Gasteiger partial charge in [0.15, 0.2) is 6.10 Å². The third kappa shape index (κ3) is 4.17. The summed E-state index contributed by atoms with van der Waals surface area (Å²) in [5, 5.41) is 0. The number of benzene rings is 1. The first kappa shape index (κ1) is 14.8. The van der Waals surface area contributed by atoms with Crippen LogP contribution in [0.4, 0.5) is 9.59 Å². The van der Waals surface area contributed by atoms with Crippen LogP contribution in [0.2, 0.25) is 0 Å². The summed E-state index contributed by atoms with van der Waals surface area (Å²) < 4.78 is 10.1. The molecule has 0 heterocycles. The third-order valence-electron chi connectivity index (χ3n) is 2.75. The molecule has 2 atom stereocenters. The minimum atomic E-state index is -0.931. The lowest BCUT2D eigenvalue weighted by molar-refractivity contribution is -0.00679. The number of amides is 2. The molecule has 6 heteroatoms. The number of ether oxygens (including phenoxy) is 2. The predicted octanol–water partition coefficient (Wildman–Crippen LogP) is 2.01. The summed E-state index contributed by atoms with van der Waals surface area (Å²) in [5.74, 6) is 0. The highest BCUT2D eigenvalue weighted by molar-refractivity contribution is 5.66. The Hall–Kier alpha value is -2.24. The largest absolute Gasteiger partial charge is 0.442 e. The molecule has 104 valence electrons. The molecule has 0 aromatic heterocycles. The summed E-state index contributed by atoms with van der Waals surface area (Å²) >= 11 is 0. The second-order valence-electron chi connectivity index (χ2n) is 4.10. The summed E-state index contributed by atoms with van der Waals surface area (Å²) in [6, 6.07) is 7.31. The maximum Gasteiger partial charge on any atom is 0.405 e. The van der Waals surface area contributed by atoms with Crippen molar-refractivity contribution in [1.82, 2.24) is 0 Å². The lowest BCUT2D eigenvalue weighted by Crippen LogP contribution is -2.32. The Morgan fingerprint density at radius 3 is 2.21 bits per heavy atom. The highest BCUT2D eigenvalue weighted by atomic mass is 16.6. The van der Waals surface area contributed by atoms with Crippen molar-refractivity contribution in [3.05, 3.63) is 35.4 Å². The number of carbonyl (C=O) groups excluding carboxylic acids is 2. The Bertz CT molecular complexity index is 462. The van der Waals surface area contributed by atoms with Crippen molar-refractivity contribution < 1.29 is 19.1 Å². The van der Waals surface area contributed by atoms with E-state index in [0.717, 1.165) is 11.1 Å². The molecule has 1 aromatic rings.